The maximum absolute atomic E-state index is 12.7. The van der Waals surface area contributed by atoms with Gasteiger partial charge < -0.3 is 5.32 Å². The smallest absolute Gasteiger partial charge is 0.123 e. The maximum atomic E-state index is 12.7. The predicted molar refractivity (Wildman–Crippen MR) is 64.9 cm³/mol. The number of benzene rings is 1. The van der Waals surface area contributed by atoms with Crippen molar-refractivity contribution in [2.24, 2.45) is 0 Å². The number of halogens is 1. The lowest BCUT2D eigenvalue weighted by atomic mass is 10.2. The van der Waals surface area contributed by atoms with E-state index in [0.29, 0.717) is 11.3 Å². The van der Waals surface area contributed by atoms with Crippen LogP contribution in [-0.4, -0.2) is 18.3 Å². The van der Waals surface area contributed by atoms with Gasteiger partial charge in [-0.2, -0.15) is 0 Å². The summed E-state index contributed by atoms with van der Waals surface area (Å²) in [5, 5.41) is 3.76. The molecule has 0 spiro atoms. The molecular weight excluding hydrogens is 209 g/mol. The van der Waals surface area contributed by atoms with Crippen molar-refractivity contribution in [2.45, 2.75) is 36.5 Å². The molecule has 0 aliphatic rings. The third kappa shape index (κ3) is 4.67. The summed E-state index contributed by atoms with van der Waals surface area (Å²) in [6.07, 6.45) is 1.11. The van der Waals surface area contributed by atoms with Crippen molar-refractivity contribution in [1.29, 1.82) is 0 Å². The third-order valence-corrected chi connectivity index (χ3v) is 3.47. The third-order valence-electron chi connectivity index (χ3n) is 2.33. The Balaban J connectivity index is 2.44. The summed E-state index contributed by atoms with van der Waals surface area (Å²) in [5.41, 5.74) is 0. The highest BCUT2D eigenvalue weighted by Crippen LogP contribution is 2.25. The summed E-state index contributed by atoms with van der Waals surface area (Å²) in [4.78, 5) is 1.13. The van der Waals surface area contributed by atoms with Crippen molar-refractivity contribution in [3.05, 3.63) is 30.1 Å². The molecule has 3 heteroatoms. The molecule has 0 fully saturated rings. The van der Waals surface area contributed by atoms with Crippen LogP contribution in [0.4, 0.5) is 4.39 Å². The van der Waals surface area contributed by atoms with Gasteiger partial charge >= 0.3 is 0 Å². The Morgan fingerprint density at radius 3 is 2.40 bits per heavy atom. The highest BCUT2D eigenvalue weighted by atomic mass is 32.2. The van der Waals surface area contributed by atoms with E-state index < -0.39 is 0 Å². The molecule has 0 radical (unpaired) electrons. The van der Waals surface area contributed by atoms with Crippen molar-refractivity contribution in [3.8, 4) is 0 Å². The molecule has 1 aromatic carbocycles. The Labute approximate surface area is 95.5 Å². The Bertz CT molecular complexity index is 286. The molecule has 15 heavy (non-hydrogen) atoms. The normalized spacial score (nSPS) is 14.9. The van der Waals surface area contributed by atoms with Gasteiger partial charge in [-0.3, -0.25) is 0 Å². The van der Waals surface area contributed by atoms with Gasteiger partial charge in [0.05, 0.1) is 0 Å². The van der Waals surface area contributed by atoms with Gasteiger partial charge in [-0.1, -0.05) is 6.92 Å². The van der Waals surface area contributed by atoms with Crippen molar-refractivity contribution in [1.82, 2.24) is 5.32 Å². The zero-order valence-electron chi connectivity index (χ0n) is 9.46. The first-order valence-electron chi connectivity index (χ1n) is 5.21. The molecule has 0 aliphatic heterocycles. The van der Waals surface area contributed by atoms with Crippen LogP contribution in [0.5, 0.6) is 0 Å². The molecule has 2 unspecified atom stereocenters. The molecule has 0 bridgehead atoms. The number of hydrogen-bond donors (Lipinski definition) is 1. The van der Waals surface area contributed by atoms with Crippen LogP contribution in [0, 0.1) is 5.82 Å². The second-order valence-corrected chi connectivity index (χ2v) is 5.32. The number of thioether (sulfide) groups is 1. The first-order chi connectivity index (χ1) is 7.11. The van der Waals surface area contributed by atoms with Crippen LogP contribution < -0.4 is 5.32 Å². The summed E-state index contributed by atoms with van der Waals surface area (Å²) in [5.74, 6) is -0.171. The zero-order valence-corrected chi connectivity index (χ0v) is 10.3. The van der Waals surface area contributed by atoms with Crippen molar-refractivity contribution in [2.75, 3.05) is 7.05 Å². The van der Waals surface area contributed by atoms with Crippen LogP contribution in [-0.2, 0) is 0 Å². The van der Waals surface area contributed by atoms with Gasteiger partial charge in [0, 0.05) is 16.2 Å². The maximum Gasteiger partial charge on any atom is 0.123 e. The minimum absolute atomic E-state index is 0.171. The van der Waals surface area contributed by atoms with Gasteiger partial charge in [0.1, 0.15) is 5.82 Å². The van der Waals surface area contributed by atoms with Crippen LogP contribution in [0.15, 0.2) is 29.2 Å². The van der Waals surface area contributed by atoms with E-state index in [1.165, 1.54) is 12.1 Å². The molecule has 0 saturated heterocycles. The van der Waals surface area contributed by atoms with Crippen LogP contribution in [0.3, 0.4) is 0 Å². The fourth-order valence-electron chi connectivity index (χ4n) is 1.41. The lowest BCUT2D eigenvalue weighted by Crippen LogP contribution is -2.24. The second-order valence-electron chi connectivity index (χ2n) is 3.81. The van der Waals surface area contributed by atoms with E-state index in [1.54, 1.807) is 11.8 Å². The number of rotatable bonds is 5. The van der Waals surface area contributed by atoms with E-state index in [9.17, 15) is 4.39 Å². The van der Waals surface area contributed by atoms with E-state index in [-0.39, 0.29) is 5.82 Å². The van der Waals surface area contributed by atoms with E-state index in [4.69, 9.17) is 0 Å². The summed E-state index contributed by atoms with van der Waals surface area (Å²) in [6, 6.07) is 7.21. The standard InChI is InChI=1S/C12H18FNS/c1-9(14-3)8-10(2)15-12-6-4-11(13)5-7-12/h4-7,9-10,14H,8H2,1-3H3. The minimum Gasteiger partial charge on any atom is -0.317 e. The number of hydrogen-bond acceptors (Lipinski definition) is 2. The second kappa shape index (κ2) is 6.13. The average molecular weight is 227 g/mol. The molecule has 1 aromatic rings. The van der Waals surface area contributed by atoms with Gasteiger partial charge in [0.2, 0.25) is 0 Å². The molecule has 1 rings (SSSR count). The van der Waals surface area contributed by atoms with Gasteiger partial charge in [0.15, 0.2) is 0 Å². The Kier molecular flexibility index (Phi) is 5.12. The molecule has 0 heterocycles. The van der Waals surface area contributed by atoms with Crippen molar-refractivity contribution in [3.63, 3.8) is 0 Å². The topological polar surface area (TPSA) is 12.0 Å². The quantitative estimate of drug-likeness (QED) is 0.775. The molecular formula is C12H18FNS. The Hall–Kier alpha value is -0.540. The molecule has 0 saturated carbocycles. The van der Waals surface area contributed by atoms with Crippen LogP contribution in [0.1, 0.15) is 20.3 Å². The van der Waals surface area contributed by atoms with E-state index in [2.05, 4.69) is 19.2 Å². The van der Waals surface area contributed by atoms with E-state index in [0.717, 1.165) is 11.3 Å². The Morgan fingerprint density at radius 2 is 1.87 bits per heavy atom. The molecule has 1 nitrogen and oxygen atoms in total. The fraction of sp³-hybridized carbons (Fsp3) is 0.500. The van der Waals surface area contributed by atoms with E-state index in [1.807, 2.05) is 19.2 Å². The van der Waals surface area contributed by atoms with Crippen molar-refractivity contribution < 1.29 is 4.39 Å². The fourth-order valence-corrected chi connectivity index (χ4v) is 2.55. The van der Waals surface area contributed by atoms with E-state index >= 15 is 0 Å². The lowest BCUT2D eigenvalue weighted by molar-refractivity contribution is 0.564. The molecule has 1 N–H and O–H groups in total. The molecule has 0 amide bonds. The van der Waals surface area contributed by atoms with Crippen LogP contribution in [0.25, 0.3) is 0 Å². The monoisotopic (exact) mass is 227 g/mol. The highest BCUT2D eigenvalue weighted by Gasteiger charge is 2.08. The summed E-state index contributed by atoms with van der Waals surface area (Å²) in [7, 11) is 1.97. The summed E-state index contributed by atoms with van der Waals surface area (Å²) in [6.45, 7) is 4.36. The predicted octanol–water partition coefficient (Wildman–Crippen LogP) is 3.30. The lowest BCUT2D eigenvalue weighted by Gasteiger charge is -2.16. The van der Waals surface area contributed by atoms with Gasteiger partial charge in [0.25, 0.3) is 0 Å². The molecule has 2 atom stereocenters. The Morgan fingerprint density at radius 1 is 1.27 bits per heavy atom. The van der Waals surface area contributed by atoms with Crippen molar-refractivity contribution >= 4 is 11.8 Å². The highest BCUT2D eigenvalue weighted by molar-refractivity contribution is 7.99. The van der Waals surface area contributed by atoms with Gasteiger partial charge in [-0.05, 0) is 44.7 Å². The summed E-state index contributed by atoms with van der Waals surface area (Å²) >= 11 is 1.79. The molecule has 84 valence electrons. The van der Waals surface area contributed by atoms with Crippen LogP contribution >= 0.6 is 11.8 Å². The molecule has 0 aliphatic carbocycles. The van der Waals surface area contributed by atoms with Gasteiger partial charge in [-0.25, -0.2) is 4.39 Å². The zero-order chi connectivity index (χ0) is 11.3. The van der Waals surface area contributed by atoms with Gasteiger partial charge in [-0.15, -0.1) is 11.8 Å². The average Bonchev–Trinajstić information content (AvgIpc) is 2.21. The first-order valence-corrected chi connectivity index (χ1v) is 6.09. The van der Waals surface area contributed by atoms with Crippen LogP contribution in [0.2, 0.25) is 0 Å². The first kappa shape index (κ1) is 12.5. The summed E-state index contributed by atoms with van der Waals surface area (Å²) < 4.78 is 12.7. The molecule has 0 aromatic heterocycles. The number of nitrogens with one attached hydrogen (secondary N) is 1. The largest absolute Gasteiger partial charge is 0.317 e. The SMILES string of the molecule is CNC(C)CC(C)Sc1ccc(F)cc1. The minimum atomic E-state index is -0.171.